The van der Waals surface area contributed by atoms with Crippen LogP contribution < -0.4 is 10.6 Å². The number of rotatable bonds is 3. The Hall–Kier alpha value is -1.26. The summed E-state index contributed by atoms with van der Waals surface area (Å²) in [6.07, 6.45) is 4.11. The van der Waals surface area contributed by atoms with Gasteiger partial charge in [0.15, 0.2) is 0 Å². The van der Waals surface area contributed by atoms with Gasteiger partial charge in [0.1, 0.15) is 0 Å². The summed E-state index contributed by atoms with van der Waals surface area (Å²) < 4.78 is 0. The smallest absolute Gasteiger partial charge is 0.319 e. The van der Waals surface area contributed by atoms with E-state index < -0.39 is 0 Å². The molecule has 1 aliphatic rings. The maximum Gasteiger partial charge on any atom is 0.319 e. The molecule has 0 radical (unpaired) electrons. The second-order valence-electron chi connectivity index (χ2n) is 5.34. The van der Waals surface area contributed by atoms with Crippen LogP contribution in [0.1, 0.15) is 31.2 Å². The lowest BCUT2D eigenvalue weighted by molar-refractivity contribution is 0.156. The number of aliphatic hydroxyl groups excluding tert-OH is 1. The van der Waals surface area contributed by atoms with E-state index in [9.17, 15) is 9.90 Å². The lowest BCUT2D eigenvalue weighted by atomic mass is 9.85. The molecule has 2 atom stereocenters. The fraction of sp³-hybridized carbons (Fsp3) is 0.533. The molecule has 0 heterocycles. The number of hydrogen-bond acceptors (Lipinski definition) is 2. The highest BCUT2D eigenvalue weighted by Gasteiger charge is 2.25. The van der Waals surface area contributed by atoms with Crippen molar-refractivity contribution in [2.45, 2.75) is 38.6 Å². The molecule has 110 valence electrons. The van der Waals surface area contributed by atoms with Crippen molar-refractivity contribution in [3.8, 4) is 0 Å². The van der Waals surface area contributed by atoms with Crippen molar-refractivity contribution in [3.63, 3.8) is 0 Å². The summed E-state index contributed by atoms with van der Waals surface area (Å²) in [6, 6.07) is 5.24. The van der Waals surface area contributed by atoms with Crippen molar-refractivity contribution in [1.82, 2.24) is 5.32 Å². The van der Waals surface area contributed by atoms with E-state index in [0.29, 0.717) is 10.7 Å². The number of hydrogen-bond donors (Lipinski definition) is 3. The molecule has 4 nitrogen and oxygen atoms in total. The molecule has 0 spiro atoms. The van der Waals surface area contributed by atoms with Crippen LogP contribution in [-0.2, 0) is 0 Å². The van der Waals surface area contributed by atoms with Gasteiger partial charge in [-0.2, -0.15) is 0 Å². The van der Waals surface area contributed by atoms with Crippen molar-refractivity contribution in [2.24, 2.45) is 5.92 Å². The first-order valence-electron chi connectivity index (χ1n) is 7.05. The molecule has 2 unspecified atom stereocenters. The molecule has 3 N–H and O–H groups in total. The maximum absolute atomic E-state index is 12.1. The Balaban J connectivity index is 1.96. The van der Waals surface area contributed by atoms with E-state index in [4.69, 9.17) is 11.6 Å². The Bertz CT molecular complexity index is 479. The van der Waals surface area contributed by atoms with E-state index in [2.05, 4.69) is 10.6 Å². The number of urea groups is 1. The Kier molecular flexibility index (Phi) is 5.26. The minimum Gasteiger partial charge on any atom is -0.396 e. The number of nitrogens with one attached hydrogen (secondary N) is 2. The van der Waals surface area contributed by atoms with Gasteiger partial charge in [-0.25, -0.2) is 4.79 Å². The highest BCUT2D eigenvalue weighted by molar-refractivity contribution is 6.31. The van der Waals surface area contributed by atoms with Gasteiger partial charge < -0.3 is 15.7 Å². The van der Waals surface area contributed by atoms with Gasteiger partial charge in [0, 0.05) is 29.3 Å². The van der Waals surface area contributed by atoms with E-state index in [1.807, 2.05) is 19.1 Å². The number of benzene rings is 1. The molecule has 2 amide bonds. The lowest BCUT2D eigenvalue weighted by Crippen LogP contribution is -2.45. The molecule has 1 aromatic rings. The van der Waals surface area contributed by atoms with E-state index in [0.717, 1.165) is 31.2 Å². The fourth-order valence-corrected chi connectivity index (χ4v) is 2.86. The molecule has 2 rings (SSSR count). The number of halogens is 1. The number of carbonyl (C=O) groups excluding carboxylic acids is 1. The molecule has 0 saturated heterocycles. The molecule has 0 aromatic heterocycles. The van der Waals surface area contributed by atoms with Crippen LogP contribution in [0.3, 0.4) is 0 Å². The normalized spacial score (nSPS) is 22.4. The predicted octanol–water partition coefficient (Wildman–Crippen LogP) is 3.32. The highest BCUT2D eigenvalue weighted by atomic mass is 35.5. The van der Waals surface area contributed by atoms with Gasteiger partial charge in [0.05, 0.1) is 0 Å². The number of aliphatic hydroxyl groups is 1. The summed E-state index contributed by atoms with van der Waals surface area (Å²) in [4.78, 5) is 12.1. The van der Waals surface area contributed by atoms with Crippen LogP contribution in [0.4, 0.5) is 10.5 Å². The third-order valence-corrected chi connectivity index (χ3v) is 4.39. The van der Waals surface area contributed by atoms with Crippen molar-refractivity contribution in [2.75, 3.05) is 11.9 Å². The largest absolute Gasteiger partial charge is 0.396 e. The van der Waals surface area contributed by atoms with Gasteiger partial charge in [-0.05, 0) is 37.5 Å². The van der Waals surface area contributed by atoms with Crippen molar-refractivity contribution in [3.05, 3.63) is 28.8 Å². The molecular weight excluding hydrogens is 276 g/mol. The summed E-state index contributed by atoms with van der Waals surface area (Å²) >= 11 is 6.03. The van der Waals surface area contributed by atoms with Crippen LogP contribution in [-0.4, -0.2) is 23.8 Å². The number of amides is 2. The molecule has 1 aromatic carbocycles. The van der Waals surface area contributed by atoms with E-state index in [-0.39, 0.29) is 24.6 Å². The fourth-order valence-electron chi connectivity index (χ4n) is 2.69. The Morgan fingerprint density at radius 2 is 2.15 bits per heavy atom. The first-order chi connectivity index (χ1) is 9.61. The molecule has 1 aliphatic carbocycles. The minimum absolute atomic E-state index is 0.0493. The second-order valence-corrected chi connectivity index (χ2v) is 5.75. The van der Waals surface area contributed by atoms with Crippen LogP contribution in [0.25, 0.3) is 0 Å². The van der Waals surface area contributed by atoms with Gasteiger partial charge in [0.25, 0.3) is 0 Å². The van der Waals surface area contributed by atoms with Crippen LogP contribution in [0.15, 0.2) is 18.2 Å². The lowest BCUT2D eigenvalue weighted by Gasteiger charge is -2.30. The molecule has 0 bridgehead atoms. The quantitative estimate of drug-likeness (QED) is 0.801. The summed E-state index contributed by atoms with van der Waals surface area (Å²) in [5, 5.41) is 15.8. The van der Waals surface area contributed by atoms with E-state index in [1.54, 1.807) is 6.07 Å². The summed E-state index contributed by atoms with van der Waals surface area (Å²) in [5.41, 5.74) is 1.57. The number of anilines is 1. The van der Waals surface area contributed by atoms with Crippen LogP contribution >= 0.6 is 11.6 Å². The molecule has 1 fully saturated rings. The number of carbonyl (C=O) groups is 1. The Labute approximate surface area is 124 Å². The van der Waals surface area contributed by atoms with Gasteiger partial charge in [-0.3, -0.25) is 0 Å². The average Bonchev–Trinajstić information content (AvgIpc) is 2.44. The van der Waals surface area contributed by atoms with Gasteiger partial charge in [0.2, 0.25) is 0 Å². The maximum atomic E-state index is 12.1. The van der Waals surface area contributed by atoms with Crippen molar-refractivity contribution in [1.29, 1.82) is 0 Å². The highest BCUT2D eigenvalue weighted by Crippen LogP contribution is 2.25. The van der Waals surface area contributed by atoms with Crippen molar-refractivity contribution < 1.29 is 9.90 Å². The molecular formula is C15H21ClN2O2. The van der Waals surface area contributed by atoms with Gasteiger partial charge >= 0.3 is 6.03 Å². The van der Waals surface area contributed by atoms with Crippen LogP contribution in [0.2, 0.25) is 5.02 Å². The Morgan fingerprint density at radius 1 is 1.40 bits per heavy atom. The zero-order valence-electron chi connectivity index (χ0n) is 11.7. The summed E-state index contributed by atoms with van der Waals surface area (Å²) in [5.74, 6) is 0.162. The standard InChI is InChI=1S/C15H21ClN2O2/c1-10-12(16)6-4-8-13(10)17-15(20)18-14-7-3-2-5-11(14)9-19/h4,6,8,11,14,19H,2-3,5,7,9H2,1H3,(H2,17,18,20). The van der Waals surface area contributed by atoms with Crippen LogP contribution in [0.5, 0.6) is 0 Å². The molecule has 1 saturated carbocycles. The minimum atomic E-state index is -0.235. The monoisotopic (exact) mass is 296 g/mol. The SMILES string of the molecule is Cc1c(Cl)cccc1NC(=O)NC1CCCCC1CO. The first kappa shape index (κ1) is 15.1. The Morgan fingerprint density at radius 3 is 2.90 bits per heavy atom. The zero-order valence-corrected chi connectivity index (χ0v) is 12.4. The van der Waals surface area contributed by atoms with Crippen LogP contribution in [0, 0.1) is 12.8 Å². The van der Waals surface area contributed by atoms with Crippen molar-refractivity contribution >= 4 is 23.3 Å². The third-order valence-electron chi connectivity index (χ3n) is 3.98. The average molecular weight is 297 g/mol. The molecule has 0 aliphatic heterocycles. The first-order valence-corrected chi connectivity index (χ1v) is 7.43. The third kappa shape index (κ3) is 3.64. The second kappa shape index (κ2) is 6.95. The van der Waals surface area contributed by atoms with Gasteiger partial charge in [-0.1, -0.05) is 30.5 Å². The zero-order chi connectivity index (χ0) is 14.5. The topological polar surface area (TPSA) is 61.4 Å². The van der Waals surface area contributed by atoms with E-state index >= 15 is 0 Å². The van der Waals surface area contributed by atoms with E-state index in [1.165, 1.54) is 0 Å². The summed E-state index contributed by atoms with van der Waals surface area (Å²) in [7, 11) is 0. The molecule has 20 heavy (non-hydrogen) atoms. The van der Waals surface area contributed by atoms with Gasteiger partial charge in [-0.15, -0.1) is 0 Å². The summed E-state index contributed by atoms with van der Waals surface area (Å²) in [6.45, 7) is 2.00. The predicted molar refractivity (Wildman–Crippen MR) is 81.2 cm³/mol. The molecule has 5 heteroatoms.